The van der Waals surface area contributed by atoms with Crippen molar-refractivity contribution in [2.45, 2.75) is 13.8 Å². The standard InChI is InChI=1S/C16H13NO2.H3N/c1-10(18)12-7-8-14-13-5-3-4-6-15(13)17(11(2)19)16(14)9-12;/h3-9H,1-2H3;1H3. The van der Waals surface area contributed by atoms with Gasteiger partial charge in [0.15, 0.2) is 5.78 Å². The lowest BCUT2D eigenvalue weighted by molar-refractivity contribution is 0.0944. The third-order valence-electron chi connectivity index (χ3n) is 3.40. The molecule has 0 saturated heterocycles. The predicted octanol–water partition coefficient (Wildman–Crippen LogP) is 3.82. The van der Waals surface area contributed by atoms with Gasteiger partial charge in [0.2, 0.25) is 5.91 Å². The van der Waals surface area contributed by atoms with Gasteiger partial charge < -0.3 is 6.15 Å². The van der Waals surface area contributed by atoms with E-state index in [4.69, 9.17) is 0 Å². The van der Waals surface area contributed by atoms with Crippen molar-refractivity contribution in [1.82, 2.24) is 10.7 Å². The van der Waals surface area contributed by atoms with Crippen LogP contribution in [-0.2, 0) is 0 Å². The van der Waals surface area contributed by atoms with E-state index in [2.05, 4.69) is 0 Å². The van der Waals surface area contributed by atoms with Crippen LogP contribution in [0.5, 0.6) is 0 Å². The fourth-order valence-electron chi connectivity index (χ4n) is 2.53. The zero-order valence-electron chi connectivity index (χ0n) is 11.5. The first kappa shape index (κ1) is 14.0. The van der Waals surface area contributed by atoms with Gasteiger partial charge in [0, 0.05) is 23.3 Å². The van der Waals surface area contributed by atoms with Crippen molar-refractivity contribution < 1.29 is 9.59 Å². The van der Waals surface area contributed by atoms with E-state index in [1.54, 1.807) is 10.6 Å². The van der Waals surface area contributed by atoms with E-state index >= 15 is 0 Å². The van der Waals surface area contributed by atoms with E-state index in [1.807, 2.05) is 36.4 Å². The molecular formula is C16H16N2O2. The third kappa shape index (κ3) is 1.90. The van der Waals surface area contributed by atoms with Crippen LogP contribution in [-0.4, -0.2) is 16.3 Å². The van der Waals surface area contributed by atoms with Gasteiger partial charge in [-0.05, 0) is 19.1 Å². The molecule has 0 aliphatic rings. The first-order valence-corrected chi connectivity index (χ1v) is 6.14. The Morgan fingerprint density at radius 3 is 2.20 bits per heavy atom. The van der Waals surface area contributed by atoms with Crippen LogP contribution in [0.1, 0.15) is 29.0 Å². The zero-order chi connectivity index (χ0) is 13.6. The monoisotopic (exact) mass is 268 g/mol. The van der Waals surface area contributed by atoms with Crippen molar-refractivity contribution in [1.29, 1.82) is 0 Å². The summed E-state index contributed by atoms with van der Waals surface area (Å²) in [7, 11) is 0. The molecule has 0 spiro atoms. The number of hydrogen-bond donors (Lipinski definition) is 1. The van der Waals surface area contributed by atoms with E-state index in [0.717, 1.165) is 21.8 Å². The van der Waals surface area contributed by atoms with E-state index in [9.17, 15) is 9.59 Å². The maximum absolute atomic E-state index is 11.9. The van der Waals surface area contributed by atoms with Crippen LogP contribution in [0.15, 0.2) is 42.5 Å². The Hall–Kier alpha value is -2.46. The van der Waals surface area contributed by atoms with Crippen molar-refractivity contribution in [3.05, 3.63) is 48.0 Å². The molecule has 1 heterocycles. The second-order valence-corrected chi connectivity index (χ2v) is 4.66. The van der Waals surface area contributed by atoms with Gasteiger partial charge in [-0.1, -0.05) is 30.3 Å². The molecule has 3 N–H and O–H groups in total. The highest BCUT2D eigenvalue weighted by Gasteiger charge is 2.14. The summed E-state index contributed by atoms with van der Waals surface area (Å²) in [5, 5.41) is 2.03. The largest absolute Gasteiger partial charge is 0.344 e. The normalized spacial score (nSPS) is 10.5. The molecule has 0 saturated carbocycles. The minimum absolute atomic E-state index is 0. The smallest absolute Gasteiger partial charge is 0.228 e. The molecule has 0 aliphatic carbocycles. The molecule has 0 bridgehead atoms. The van der Waals surface area contributed by atoms with Crippen LogP contribution in [0.2, 0.25) is 0 Å². The molecule has 0 amide bonds. The first-order chi connectivity index (χ1) is 9.09. The molecule has 20 heavy (non-hydrogen) atoms. The molecule has 4 heteroatoms. The van der Waals surface area contributed by atoms with Crippen LogP contribution in [0, 0.1) is 0 Å². The predicted molar refractivity (Wildman–Crippen MR) is 80.8 cm³/mol. The van der Waals surface area contributed by atoms with Gasteiger partial charge >= 0.3 is 0 Å². The van der Waals surface area contributed by atoms with Gasteiger partial charge in [-0.2, -0.15) is 0 Å². The Morgan fingerprint density at radius 1 is 0.900 bits per heavy atom. The number of carbonyl (C=O) groups excluding carboxylic acids is 2. The van der Waals surface area contributed by atoms with E-state index in [-0.39, 0.29) is 17.8 Å². The summed E-state index contributed by atoms with van der Waals surface area (Å²) < 4.78 is 1.66. The lowest BCUT2D eigenvalue weighted by Gasteiger charge is -2.02. The maximum Gasteiger partial charge on any atom is 0.228 e. The second kappa shape index (κ2) is 4.90. The molecule has 0 radical (unpaired) electrons. The minimum atomic E-state index is -0.0492. The van der Waals surface area contributed by atoms with Crippen LogP contribution < -0.4 is 6.15 Å². The summed E-state index contributed by atoms with van der Waals surface area (Å²) in [6.45, 7) is 3.06. The summed E-state index contributed by atoms with van der Waals surface area (Å²) in [6.07, 6.45) is 0. The molecule has 2 aromatic carbocycles. The number of hydrogen-bond acceptors (Lipinski definition) is 3. The van der Waals surface area contributed by atoms with Gasteiger partial charge in [0.05, 0.1) is 11.0 Å². The topological polar surface area (TPSA) is 74.1 Å². The average Bonchev–Trinajstić information content (AvgIpc) is 2.72. The zero-order valence-corrected chi connectivity index (χ0v) is 11.5. The van der Waals surface area contributed by atoms with Crippen LogP contribution in [0.25, 0.3) is 21.8 Å². The fourth-order valence-corrected chi connectivity index (χ4v) is 2.53. The fraction of sp³-hybridized carbons (Fsp3) is 0.125. The van der Waals surface area contributed by atoms with E-state index < -0.39 is 0 Å². The lowest BCUT2D eigenvalue weighted by Crippen LogP contribution is -2.05. The van der Waals surface area contributed by atoms with E-state index in [0.29, 0.717) is 5.56 Å². The van der Waals surface area contributed by atoms with Gasteiger partial charge in [-0.3, -0.25) is 14.2 Å². The second-order valence-electron chi connectivity index (χ2n) is 4.66. The highest BCUT2D eigenvalue weighted by atomic mass is 16.1. The van der Waals surface area contributed by atoms with Gasteiger partial charge in [0.25, 0.3) is 0 Å². The summed E-state index contributed by atoms with van der Waals surface area (Å²) in [5.74, 6) is -0.0471. The van der Waals surface area contributed by atoms with Gasteiger partial charge in [0.1, 0.15) is 0 Å². The SMILES string of the molecule is CC(=O)c1ccc2c3ccccc3n(C(C)=O)c2c1.N. The quantitative estimate of drug-likeness (QED) is 0.682. The van der Waals surface area contributed by atoms with Crippen molar-refractivity contribution in [3.63, 3.8) is 0 Å². The molecule has 0 aliphatic heterocycles. The van der Waals surface area contributed by atoms with Crippen LogP contribution in [0.4, 0.5) is 0 Å². The summed E-state index contributed by atoms with van der Waals surface area (Å²) >= 11 is 0. The molecule has 102 valence electrons. The number of aromatic nitrogens is 1. The van der Waals surface area contributed by atoms with Crippen molar-refractivity contribution in [3.8, 4) is 0 Å². The molecule has 0 unspecified atom stereocenters. The van der Waals surface area contributed by atoms with Crippen LogP contribution >= 0.6 is 0 Å². The number of rotatable bonds is 1. The summed E-state index contributed by atoms with van der Waals surface area (Å²) in [5.41, 5.74) is 2.30. The Labute approximate surface area is 116 Å². The first-order valence-electron chi connectivity index (χ1n) is 6.14. The molecule has 3 rings (SSSR count). The summed E-state index contributed by atoms with van der Waals surface area (Å²) in [4.78, 5) is 23.4. The molecular weight excluding hydrogens is 252 g/mol. The summed E-state index contributed by atoms with van der Waals surface area (Å²) in [6, 6.07) is 13.3. The highest BCUT2D eigenvalue weighted by Crippen LogP contribution is 2.29. The molecule has 1 aromatic heterocycles. The maximum atomic E-state index is 11.9. The number of benzene rings is 2. The lowest BCUT2D eigenvalue weighted by atomic mass is 10.1. The highest BCUT2D eigenvalue weighted by molar-refractivity contribution is 6.14. The Morgan fingerprint density at radius 2 is 1.55 bits per heavy atom. The Kier molecular flexibility index (Phi) is 3.42. The van der Waals surface area contributed by atoms with Crippen LogP contribution in [0.3, 0.4) is 0 Å². The van der Waals surface area contributed by atoms with Gasteiger partial charge in [-0.15, -0.1) is 0 Å². The molecule has 3 aromatic rings. The minimum Gasteiger partial charge on any atom is -0.344 e. The Bertz CT molecular complexity index is 831. The molecule has 0 atom stereocenters. The van der Waals surface area contributed by atoms with Crippen molar-refractivity contribution >= 4 is 33.5 Å². The number of nitrogens with zero attached hydrogens (tertiary/aromatic N) is 1. The Balaban J connectivity index is 0.00000147. The average molecular weight is 268 g/mol. The number of ketones is 1. The number of fused-ring (bicyclic) bond motifs is 3. The van der Waals surface area contributed by atoms with Crippen molar-refractivity contribution in [2.75, 3.05) is 0 Å². The number of Topliss-reactive ketones (excluding diaryl/α,β-unsaturated/α-hetero) is 1. The van der Waals surface area contributed by atoms with Crippen molar-refractivity contribution in [2.24, 2.45) is 0 Å². The number of para-hydroxylation sites is 1. The van der Waals surface area contributed by atoms with Gasteiger partial charge in [-0.25, -0.2) is 0 Å². The molecule has 4 nitrogen and oxygen atoms in total. The number of carbonyl (C=O) groups is 2. The molecule has 0 fully saturated rings. The van der Waals surface area contributed by atoms with E-state index in [1.165, 1.54) is 13.8 Å². The third-order valence-corrected chi connectivity index (χ3v) is 3.40.